The monoisotopic (exact) mass is 337 g/mol. The van der Waals surface area contributed by atoms with E-state index in [1.165, 1.54) is 0 Å². The SMILES string of the molecule is CN1NC(c2ccccc2)(c2ccccc2)N(c2nccs2)N1C. The zero-order chi connectivity index (χ0) is 16.6. The zero-order valence-electron chi connectivity index (χ0n) is 13.6. The summed E-state index contributed by atoms with van der Waals surface area (Å²) in [5, 5.41) is 9.17. The van der Waals surface area contributed by atoms with Gasteiger partial charge < -0.3 is 0 Å². The molecule has 4 rings (SSSR count). The molecule has 0 radical (unpaired) electrons. The number of thiazole rings is 1. The Labute approximate surface area is 145 Å². The predicted octanol–water partition coefficient (Wildman–Crippen LogP) is 3.06. The maximum atomic E-state index is 4.57. The van der Waals surface area contributed by atoms with Crippen LogP contribution in [-0.2, 0) is 5.66 Å². The summed E-state index contributed by atoms with van der Waals surface area (Å²) in [4.78, 5) is 4.57. The topological polar surface area (TPSA) is 34.6 Å². The number of aromatic nitrogens is 1. The van der Waals surface area contributed by atoms with Crippen molar-refractivity contribution in [3.05, 3.63) is 83.4 Å². The standard InChI is InChI=1S/C18H19N5S/c1-21-20-18(15-9-5-3-6-10-15,16-11-7-4-8-12-16)23(22(21)2)17-19-13-14-24-17/h3-14,20H,1-2H3. The van der Waals surface area contributed by atoms with Gasteiger partial charge in [0.1, 0.15) is 0 Å². The van der Waals surface area contributed by atoms with Crippen molar-refractivity contribution in [2.45, 2.75) is 5.66 Å². The molecule has 0 saturated carbocycles. The van der Waals surface area contributed by atoms with Crippen LogP contribution in [0.25, 0.3) is 0 Å². The Morgan fingerprint density at radius 2 is 1.50 bits per heavy atom. The second-order valence-corrected chi connectivity index (χ2v) is 6.57. The van der Waals surface area contributed by atoms with E-state index in [4.69, 9.17) is 0 Å². The maximum absolute atomic E-state index is 4.57. The molecule has 1 aliphatic heterocycles. The first-order valence-corrected chi connectivity index (χ1v) is 8.67. The Hall–Kier alpha value is -2.25. The van der Waals surface area contributed by atoms with Crippen LogP contribution in [0.3, 0.4) is 0 Å². The quantitative estimate of drug-likeness (QED) is 0.795. The first-order chi connectivity index (χ1) is 11.7. The Bertz CT molecular complexity index is 751. The second-order valence-electron chi connectivity index (χ2n) is 5.69. The van der Waals surface area contributed by atoms with Gasteiger partial charge >= 0.3 is 0 Å². The molecule has 0 unspecified atom stereocenters. The number of nitrogens with one attached hydrogen (secondary N) is 1. The van der Waals surface area contributed by atoms with Gasteiger partial charge in [0.15, 0.2) is 5.66 Å². The summed E-state index contributed by atoms with van der Waals surface area (Å²) in [5.74, 6) is 0. The number of nitrogens with zero attached hydrogens (tertiary/aromatic N) is 4. The van der Waals surface area contributed by atoms with Crippen LogP contribution in [0.15, 0.2) is 72.2 Å². The van der Waals surface area contributed by atoms with Crippen molar-refractivity contribution in [3.63, 3.8) is 0 Å². The fourth-order valence-electron chi connectivity index (χ4n) is 3.19. The third-order valence-electron chi connectivity index (χ3n) is 4.35. The average molecular weight is 337 g/mol. The van der Waals surface area contributed by atoms with Crippen molar-refractivity contribution in [2.24, 2.45) is 0 Å². The highest BCUT2D eigenvalue weighted by molar-refractivity contribution is 7.13. The number of hydrogen-bond donors (Lipinski definition) is 1. The van der Waals surface area contributed by atoms with E-state index in [9.17, 15) is 0 Å². The highest BCUT2D eigenvalue weighted by Gasteiger charge is 2.51. The van der Waals surface area contributed by atoms with Gasteiger partial charge in [0.25, 0.3) is 0 Å². The van der Waals surface area contributed by atoms with Crippen LogP contribution in [0.2, 0.25) is 0 Å². The minimum atomic E-state index is -0.552. The van der Waals surface area contributed by atoms with Crippen LogP contribution in [0, 0.1) is 0 Å². The maximum Gasteiger partial charge on any atom is 0.203 e. The zero-order valence-corrected chi connectivity index (χ0v) is 14.4. The molecule has 0 aliphatic carbocycles. The van der Waals surface area contributed by atoms with Crippen molar-refractivity contribution in [1.29, 1.82) is 0 Å². The molecule has 0 amide bonds. The molecule has 1 aliphatic rings. The number of rotatable bonds is 3. The molecule has 2 aromatic carbocycles. The summed E-state index contributed by atoms with van der Waals surface area (Å²) in [5.41, 5.74) is 5.40. The fourth-order valence-corrected chi connectivity index (χ4v) is 3.91. The molecule has 3 aromatic rings. The molecule has 5 nitrogen and oxygen atoms in total. The van der Waals surface area contributed by atoms with Crippen LogP contribution in [0.5, 0.6) is 0 Å². The molecule has 0 bridgehead atoms. The van der Waals surface area contributed by atoms with Gasteiger partial charge in [-0.25, -0.2) is 15.4 Å². The van der Waals surface area contributed by atoms with Gasteiger partial charge in [0.2, 0.25) is 5.13 Å². The summed E-state index contributed by atoms with van der Waals surface area (Å²) in [7, 11) is 4.04. The molecule has 2 heterocycles. The first-order valence-electron chi connectivity index (χ1n) is 7.79. The molecular weight excluding hydrogens is 318 g/mol. The van der Waals surface area contributed by atoms with E-state index in [0.717, 1.165) is 16.3 Å². The highest BCUT2D eigenvalue weighted by Crippen LogP contribution is 2.42. The van der Waals surface area contributed by atoms with E-state index in [1.807, 2.05) is 42.9 Å². The smallest absolute Gasteiger partial charge is 0.203 e. The molecule has 6 heteroatoms. The number of anilines is 1. The number of benzene rings is 2. The normalized spacial score (nSPS) is 18.2. The Kier molecular flexibility index (Phi) is 3.82. The third-order valence-corrected chi connectivity index (χ3v) is 5.10. The van der Waals surface area contributed by atoms with E-state index in [1.54, 1.807) is 11.3 Å². The minimum absolute atomic E-state index is 0.552. The summed E-state index contributed by atoms with van der Waals surface area (Å²) in [6.45, 7) is 0. The molecule has 0 spiro atoms. The number of hydrogen-bond acceptors (Lipinski definition) is 6. The van der Waals surface area contributed by atoms with Crippen LogP contribution in [0.4, 0.5) is 5.13 Å². The average Bonchev–Trinajstić information content (AvgIpc) is 3.24. The summed E-state index contributed by atoms with van der Waals surface area (Å²) >= 11 is 1.62. The largest absolute Gasteiger partial charge is 0.236 e. The van der Waals surface area contributed by atoms with E-state index < -0.39 is 5.66 Å². The molecule has 1 saturated heterocycles. The van der Waals surface area contributed by atoms with Gasteiger partial charge in [-0.2, -0.15) is 5.12 Å². The molecule has 24 heavy (non-hydrogen) atoms. The molecule has 1 aromatic heterocycles. The first kappa shape index (κ1) is 15.3. The minimum Gasteiger partial charge on any atom is -0.236 e. The van der Waals surface area contributed by atoms with Crippen molar-refractivity contribution in [3.8, 4) is 0 Å². The molecular formula is C18H19N5S. The van der Waals surface area contributed by atoms with Crippen LogP contribution < -0.4 is 10.4 Å². The van der Waals surface area contributed by atoms with Gasteiger partial charge in [-0.05, 0) is 11.1 Å². The third kappa shape index (κ3) is 2.23. The lowest BCUT2D eigenvalue weighted by molar-refractivity contribution is 0.0344. The molecule has 1 fully saturated rings. The van der Waals surface area contributed by atoms with Crippen molar-refractivity contribution < 1.29 is 0 Å². The fraction of sp³-hybridized carbons (Fsp3) is 0.167. The lowest BCUT2D eigenvalue weighted by Crippen LogP contribution is -2.52. The van der Waals surface area contributed by atoms with Crippen molar-refractivity contribution in [1.82, 2.24) is 20.6 Å². The van der Waals surface area contributed by atoms with Gasteiger partial charge in [0.05, 0.1) is 0 Å². The lowest BCUT2D eigenvalue weighted by Gasteiger charge is -2.38. The Balaban J connectivity index is 1.99. The second kappa shape index (κ2) is 5.99. The highest BCUT2D eigenvalue weighted by atomic mass is 32.1. The molecule has 1 N–H and O–H groups in total. The van der Waals surface area contributed by atoms with E-state index in [0.29, 0.717) is 0 Å². The number of hydrazine groups is 3. The van der Waals surface area contributed by atoms with Crippen LogP contribution >= 0.6 is 11.3 Å². The van der Waals surface area contributed by atoms with Gasteiger partial charge in [-0.1, -0.05) is 60.7 Å². The van der Waals surface area contributed by atoms with Crippen LogP contribution in [-0.4, -0.2) is 29.3 Å². The Morgan fingerprint density at radius 1 is 0.917 bits per heavy atom. The van der Waals surface area contributed by atoms with Gasteiger partial charge in [-0.15, -0.1) is 16.5 Å². The van der Waals surface area contributed by atoms with Crippen molar-refractivity contribution in [2.75, 3.05) is 19.1 Å². The van der Waals surface area contributed by atoms with Crippen LogP contribution in [0.1, 0.15) is 11.1 Å². The van der Waals surface area contributed by atoms with E-state index >= 15 is 0 Å². The van der Waals surface area contributed by atoms with Gasteiger partial charge in [0, 0.05) is 25.7 Å². The molecule has 0 atom stereocenters. The van der Waals surface area contributed by atoms with E-state index in [2.05, 4.69) is 69.1 Å². The summed E-state index contributed by atoms with van der Waals surface area (Å²) < 4.78 is 0. The Morgan fingerprint density at radius 3 is 2.00 bits per heavy atom. The molecule has 122 valence electrons. The summed E-state index contributed by atoms with van der Waals surface area (Å²) in [6, 6.07) is 20.9. The van der Waals surface area contributed by atoms with E-state index in [-0.39, 0.29) is 0 Å². The predicted molar refractivity (Wildman–Crippen MR) is 96.9 cm³/mol. The lowest BCUT2D eigenvalue weighted by atomic mass is 9.91. The van der Waals surface area contributed by atoms with Crippen molar-refractivity contribution >= 4 is 16.5 Å². The summed E-state index contributed by atoms with van der Waals surface area (Å²) in [6.07, 6.45) is 1.84. The van der Waals surface area contributed by atoms with Gasteiger partial charge in [-0.3, -0.25) is 0 Å².